The minimum absolute atomic E-state index is 0.134. The smallest absolute Gasteiger partial charge is 0.161 e. The number of halogens is 1. The first-order valence-electron chi connectivity index (χ1n) is 6.91. The Hall–Kier alpha value is -1.43. The fraction of sp³-hybridized carbons (Fsp3) is 0.294. The molecule has 2 aromatic rings. The van der Waals surface area contributed by atoms with E-state index in [1.165, 1.54) is 3.57 Å². The third-order valence-corrected chi connectivity index (χ3v) is 3.58. The van der Waals surface area contributed by atoms with E-state index in [4.69, 9.17) is 9.47 Å². The third-order valence-electron chi connectivity index (χ3n) is 2.91. The zero-order valence-corrected chi connectivity index (χ0v) is 14.7. The van der Waals surface area contributed by atoms with Crippen LogP contribution in [-0.2, 0) is 6.54 Å². The van der Waals surface area contributed by atoms with Gasteiger partial charge in [-0.25, -0.2) is 0 Å². The highest BCUT2D eigenvalue weighted by molar-refractivity contribution is 14.1. The standard InChI is InChI=1S/C17H20INO2/c1-12(2)21-16-8-7-13(9-17(16)20-3)11-19-15-6-4-5-14(18)10-15/h4-10,12,19H,11H2,1-3H3. The molecule has 2 aromatic carbocycles. The Labute approximate surface area is 139 Å². The minimum atomic E-state index is 0.134. The number of rotatable bonds is 6. The van der Waals surface area contributed by atoms with Gasteiger partial charge in [0.1, 0.15) is 0 Å². The molecule has 0 fully saturated rings. The first-order chi connectivity index (χ1) is 10.1. The van der Waals surface area contributed by atoms with Crippen molar-refractivity contribution in [1.29, 1.82) is 0 Å². The molecule has 0 aliphatic rings. The molecule has 0 unspecified atom stereocenters. The second-order valence-corrected chi connectivity index (χ2v) is 6.26. The van der Waals surface area contributed by atoms with Crippen LogP contribution in [-0.4, -0.2) is 13.2 Å². The maximum atomic E-state index is 5.72. The normalized spacial score (nSPS) is 10.5. The Morgan fingerprint density at radius 2 is 1.90 bits per heavy atom. The number of benzene rings is 2. The molecule has 0 atom stereocenters. The van der Waals surface area contributed by atoms with Crippen LogP contribution in [0, 0.1) is 3.57 Å². The average molecular weight is 397 g/mol. The highest BCUT2D eigenvalue weighted by Gasteiger charge is 2.07. The molecule has 2 rings (SSSR count). The van der Waals surface area contributed by atoms with E-state index < -0.39 is 0 Å². The first-order valence-corrected chi connectivity index (χ1v) is 7.99. The summed E-state index contributed by atoms with van der Waals surface area (Å²) in [5.74, 6) is 1.55. The number of anilines is 1. The summed E-state index contributed by atoms with van der Waals surface area (Å²) in [6.45, 7) is 4.76. The number of nitrogens with one attached hydrogen (secondary N) is 1. The number of methoxy groups -OCH3 is 1. The van der Waals surface area contributed by atoms with Gasteiger partial charge in [-0.15, -0.1) is 0 Å². The maximum absolute atomic E-state index is 5.72. The number of hydrogen-bond donors (Lipinski definition) is 1. The maximum Gasteiger partial charge on any atom is 0.161 e. The fourth-order valence-corrected chi connectivity index (χ4v) is 2.52. The van der Waals surface area contributed by atoms with Crippen molar-refractivity contribution >= 4 is 28.3 Å². The van der Waals surface area contributed by atoms with Gasteiger partial charge >= 0.3 is 0 Å². The van der Waals surface area contributed by atoms with Crippen molar-refractivity contribution in [2.24, 2.45) is 0 Å². The lowest BCUT2D eigenvalue weighted by molar-refractivity contribution is 0.230. The van der Waals surface area contributed by atoms with Gasteiger partial charge in [0, 0.05) is 15.8 Å². The summed E-state index contributed by atoms with van der Waals surface area (Å²) in [4.78, 5) is 0. The topological polar surface area (TPSA) is 30.5 Å². The predicted molar refractivity (Wildman–Crippen MR) is 95.2 cm³/mol. The zero-order chi connectivity index (χ0) is 15.2. The van der Waals surface area contributed by atoms with E-state index in [2.05, 4.69) is 52.2 Å². The highest BCUT2D eigenvalue weighted by Crippen LogP contribution is 2.29. The van der Waals surface area contributed by atoms with Gasteiger partial charge in [-0.1, -0.05) is 12.1 Å². The third kappa shape index (κ3) is 4.81. The molecule has 0 aliphatic carbocycles. The van der Waals surface area contributed by atoms with E-state index in [0.29, 0.717) is 0 Å². The van der Waals surface area contributed by atoms with Gasteiger partial charge < -0.3 is 14.8 Å². The molecule has 0 spiro atoms. The van der Waals surface area contributed by atoms with Crippen LogP contribution in [0.2, 0.25) is 0 Å². The molecule has 0 saturated carbocycles. The average Bonchev–Trinajstić information content (AvgIpc) is 2.45. The second kappa shape index (κ2) is 7.54. The van der Waals surface area contributed by atoms with Crippen LogP contribution < -0.4 is 14.8 Å². The van der Waals surface area contributed by atoms with E-state index in [1.807, 2.05) is 32.0 Å². The van der Waals surface area contributed by atoms with E-state index in [0.717, 1.165) is 29.3 Å². The molecule has 21 heavy (non-hydrogen) atoms. The van der Waals surface area contributed by atoms with Crippen LogP contribution in [0.4, 0.5) is 5.69 Å². The molecule has 3 nitrogen and oxygen atoms in total. The summed E-state index contributed by atoms with van der Waals surface area (Å²) in [5, 5.41) is 3.41. The molecule has 0 bridgehead atoms. The van der Waals surface area contributed by atoms with E-state index >= 15 is 0 Å². The zero-order valence-electron chi connectivity index (χ0n) is 12.5. The van der Waals surface area contributed by atoms with Gasteiger partial charge in [0.05, 0.1) is 13.2 Å². The van der Waals surface area contributed by atoms with Gasteiger partial charge in [-0.3, -0.25) is 0 Å². The summed E-state index contributed by atoms with van der Waals surface area (Å²) in [7, 11) is 1.67. The van der Waals surface area contributed by atoms with E-state index in [9.17, 15) is 0 Å². The van der Waals surface area contributed by atoms with Crippen LogP contribution in [0.5, 0.6) is 11.5 Å². The lowest BCUT2D eigenvalue weighted by atomic mass is 10.2. The van der Waals surface area contributed by atoms with Crippen molar-refractivity contribution in [1.82, 2.24) is 0 Å². The summed E-state index contributed by atoms with van der Waals surface area (Å²) in [6.07, 6.45) is 0.134. The van der Waals surface area contributed by atoms with Crippen LogP contribution in [0.3, 0.4) is 0 Å². The molecule has 0 saturated heterocycles. The van der Waals surface area contributed by atoms with Crippen molar-refractivity contribution in [3.05, 3.63) is 51.6 Å². The lowest BCUT2D eigenvalue weighted by Crippen LogP contribution is -2.07. The number of hydrogen-bond acceptors (Lipinski definition) is 3. The van der Waals surface area contributed by atoms with Gasteiger partial charge in [0.2, 0.25) is 0 Å². The molecule has 0 amide bonds. The van der Waals surface area contributed by atoms with Gasteiger partial charge in [0.25, 0.3) is 0 Å². The van der Waals surface area contributed by atoms with Crippen LogP contribution in [0.1, 0.15) is 19.4 Å². The van der Waals surface area contributed by atoms with Gasteiger partial charge in [0.15, 0.2) is 11.5 Å². The Morgan fingerprint density at radius 3 is 2.57 bits per heavy atom. The van der Waals surface area contributed by atoms with Gasteiger partial charge in [-0.2, -0.15) is 0 Å². The highest BCUT2D eigenvalue weighted by atomic mass is 127. The largest absolute Gasteiger partial charge is 0.493 e. The van der Waals surface area contributed by atoms with Crippen LogP contribution >= 0.6 is 22.6 Å². The monoisotopic (exact) mass is 397 g/mol. The Kier molecular flexibility index (Phi) is 5.73. The predicted octanol–water partition coefficient (Wildman–Crippen LogP) is 4.70. The van der Waals surface area contributed by atoms with Crippen molar-refractivity contribution in [2.45, 2.75) is 26.5 Å². The molecule has 1 N–H and O–H groups in total. The molecule has 0 aliphatic heterocycles. The van der Waals surface area contributed by atoms with Crippen molar-refractivity contribution in [3.63, 3.8) is 0 Å². The molecular weight excluding hydrogens is 377 g/mol. The molecule has 0 heterocycles. The summed E-state index contributed by atoms with van der Waals surface area (Å²) in [6, 6.07) is 14.3. The lowest BCUT2D eigenvalue weighted by Gasteiger charge is -2.15. The fourth-order valence-electron chi connectivity index (χ4n) is 1.98. The minimum Gasteiger partial charge on any atom is -0.493 e. The Morgan fingerprint density at radius 1 is 1.10 bits per heavy atom. The summed E-state index contributed by atoms with van der Waals surface area (Å²) < 4.78 is 12.3. The first kappa shape index (κ1) is 15.9. The molecule has 112 valence electrons. The molecule has 0 radical (unpaired) electrons. The Balaban J connectivity index is 2.07. The molecule has 4 heteroatoms. The van der Waals surface area contributed by atoms with Crippen molar-refractivity contribution in [2.75, 3.05) is 12.4 Å². The number of ether oxygens (including phenoxy) is 2. The molecular formula is C17H20INO2. The van der Waals surface area contributed by atoms with E-state index in [-0.39, 0.29) is 6.10 Å². The van der Waals surface area contributed by atoms with Crippen LogP contribution in [0.25, 0.3) is 0 Å². The summed E-state index contributed by atoms with van der Waals surface area (Å²) >= 11 is 2.31. The second-order valence-electron chi connectivity index (χ2n) is 5.02. The van der Waals surface area contributed by atoms with Crippen LogP contribution in [0.15, 0.2) is 42.5 Å². The van der Waals surface area contributed by atoms with Crippen molar-refractivity contribution < 1.29 is 9.47 Å². The summed E-state index contributed by atoms with van der Waals surface area (Å²) in [5.41, 5.74) is 2.27. The SMILES string of the molecule is COc1cc(CNc2cccc(I)c2)ccc1OC(C)C. The molecule has 0 aromatic heterocycles. The Bertz CT molecular complexity index is 599. The van der Waals surface area contributed by atoms with Gasteiger partial charge in [-0.05, 0) is 72.3 Å². The quantitative estimate of drug-likeness (QED) is 0.717. The van der Waals surface area contributed by atoms with Crippen molar-refractivity contribution in [3.8, 4) is 11.5 Å². The van der Waals surface area contributed by atoms with E-state index in [1.54, 1.807) is 7.11 Å².